The first-order chi connectivity index (χ1) is 11.8. The average molecular weight is 324 g/mol. The summed E-state index contributed by atoms with van der Waals surface area (Å²) < 4.78 is 12.6. The van der Waals surface area contributed by atoms with E-state index in [9.17, 15) is 0 Å². The van der Waals surface area contributed by atoms with E-state index in [-0.39, 0.29) is 0 Å². The fourth-order valence-corrected chi connectivity index (χ4v) is 2.57. The summed E-state index contributed by atoms with van der Waals surface area (Å²) in [4.78, 5) is 4.20. The van der Waals surface area contributed by atoms with Crippen LogP contribution in [0.1, 0.15) is 5.69 Å². The summed E-state index contributed by atoms with van der Waals surface area (Å²) in [7, 11) is 3.23. The third kappa shape index (κ3) is 3.09. The van der Waals surface area contributed by atoms with Crippen LogP contribution in [0.4, 0.5) is 0 Å². The highest BCUT2D eigenvalue weighted by Crippen LogP contribution is 2.31. The number of hydrogen-bond donors (Lipinski definition) is 1. The van der Waals surface area contributed by atoms with Crippen LogP contribution in [0.2, 0.25) is 0 Å². The highest BCUT2D eigenvalue weighted by Gasteiger charge is 2.14. The molecule has 0 amide bonds. The monoisotopic (exact) mass is 324 g/mol. The fourth-order valence-electron chi connectivity index (χ4n) is 2.57. The van der Waals surface area contributed by atoms with E-state index in [1.165, 1.54) is 0 Å². The zero-order valence-electron chi connectivity index (χ0n) is 13.8. The minimum absolute atomic E-state index is 0.551. The normalized spacial score (nSPS) is 10.6. The Labute approximate surface area is 140 Å². The summed E-state index contributed by atoms with van der Waals surface area (Å²) in [5.74, 6) is 1.33. The largest absolute Gasteiger partial charge is 0.493 e. The van der Waals surface area contributed by atoms with E-state index in [2.05, 4.69) is 10.1 Å². The van der Waals surface area contributed by atoms with E-state index in [4.69, 9.17) is 15.2 Å². The summed E-state index contributed by atoms with van der Waals surface area (Å²) in [6, 6.07) is 11.7. The third-order valence-corrected chi connectivity index (χ3v) is 3.73. The molecule has 2 heterocycles. The molecule has 1 aromatic carbocycles. The van der Waals surface area contributed by atoms with Gasteiger partial charge in [-0.15, -0.1) is 0 Å². The molecule has 0 bridgehead atoms. The second-order valence-corrected chi connectivity index (χ2v) is 5.25. The lowest BCUT2D eigenvalue weighted by molar-refractivity contribution is 0.355. The molecule has 0 spiro atoms. The number of methoxy groups -OCH3 is 2. The maximum Gasteiger partial charge on any atom is 0.162 e. The summed E-state index contributed by atoms with van der Waals surface area (Å²) in [6.07, 6.45) is 4.29. The third-order valence-electron chi connectivity index (χ3n) is 3.73. The molecule has 0 radical (unpaired) electrons. The van der Waals surface area contributed by atoms with Gasteiger partial charge in [0, 0.05) is 30.4 Å². The van der Waals surface area contributed by atoms with Crippen LogP contribution in [0.25, 0.3) is 16.9 Å². The Bertz CT molecular complexity index is 815. The van der Waals surface area contributed by atoms with Gasteiger partial charge in [-0.1, -0.05) is 0 Å². The highest BCUT2D eigenvalue weighted by molar-refractivity contribution is 5.62. The Hall–Kier alpha value is -2.86. The van der Waals surface area contributed by atoms with Gasteiger partial charge in [-0.05, 0) is 36.9 Å². The SMILES string of the molecule is COc1ccc(-n2nc(CCN)cc2-c2cccnc2)cc1OC. The van der Waals surface area contributed by atoms with E-state index in [0.29, 0.717) is 24.5 Å². The molecule has 24 heavy (non-hydrogen) atoms. The van der Waals surface area contributed by atoms with Gasteiger partial charge in [0.1, 0.15) is 0 Å². The minimum Gasteiger partial charge on any atom is -0.493 e. The highest BCUT2D eigenvalue weighted by atomic mass is 16.5. The number of pyridine rings is 1. The number of nitrogens with zero attached hydrogens (tertiary/aromatic N) is 3. The summed E-state index contributed by atoms with van der Waals surface area (Å²) in [5, 5.41) is 4.69. The number of rotatable bonds is 6. The van der Waals surface area contributed by atoms with Crippen LogP contribution >= 0.6 is 0 Å². The summed E-state index contributed by atoms with van der Waals surface area (Å²) >= 11 is 0. The van der Waals surface area contributed by atoms with Crippen LogP contribution in [0, 0.1) is 0 Å². The van der Waals surface area contributed by atoms with Crippen molar-refractivity contribution in [2.45, 2.75) is 6.42 Å². The lowest BCUT2D eigenvalue weighted by atomic mass is 10.2. The zero-order valence-corrected chi connectivity index (χ0v) is 13.8. The van der Waals surface area contributed by atoms with Crippen LogP contribution in [-0.4, -0.2) is 35.5 Å². The number of nitrogens with two attached hydrogens (primary N) is 1. The van der Waals surface area contributed by atoms with E-state index < -0.39 is 0 Å². The van der Waals surface area contributed by atoms with Crippen molar-refractivity contribution in [3.63, 3.8) is 0 Å². The smallest absolute Gasteiger partial charge is 0.162 e. The molecule has 6 nitrogen and oxygen atoms in total. The Balaban J connectivity index is 2.13. The molecule has 2 N–H and O–H groups in total. The number of hydrogen-bond acceptors (Lipinski definition) is 5. The van der Waals surface area contributed by atoms with Crippen LogP contribution in [0.15, 0.2) is 48.8 Å². The molecule has 0 fully saturated rings. The van der Waals surface area contributed by atoms with Gasteiger partial charge in [-0.3, -0.25) is 4.98 Å². The molecule has 0 saturated carbocycles. The van der Waals surface area contributed by atoms with Gasteiger partial charge in [-0.2, -0.15) is 5.10 Å². The quantitative estimate of drug-likeness (QED) is 0.754. The van der Waals surface area contributed by atoms with E-state index in [1.54, 1.807) is 20.4 Å². The van der Waals surface area contributed by atoms with E-state index >= 15 is 0 Å². The molecule has 3 rings (SSSR count). The molecule has 2 aromatic heterocycles. The van der Waals surface area contributed by atoms with Gasteiger partial charge in [0.25, 0.3) is 0 Å². The van der Waals surface area contributed by atoms with Gasteiger partial charge in [0.05, 0.1) is 31.3 Å². The second kappa shape index (κ2) is 7.14. The van der Waals surface area contributed by atoms with Crippen molar-refractivity contribution in [2.75, 3.05) is 20.8 Å². The van der Waals surface area contributed by atoms with E-state index in [0.717, 1.165) is 22.6 Å². The lowest BCUT2D eigenvalue weighted by Gasteiger charge is -2.11. The molecular weight excluding hydrogens is 304 g/mol. The molecule has 124 valence electrons. The van der Waals surface area contributed by atoms with Crippen molar-refractivity contribution >= 4 is 0 Å². The second-order valence-electron chi connectivity index (χ2n) is 5.25. The molecular formula is C18H20N4O2. The van der Waals surface area contributed by atoms with Gasteiger partial charge in [0.2, 0.25) is 0 Å². The number of aromatic nitrogens is 3. The number of ether oxygens (including phenoxy) is 2. The lowest BCUT2D eigenvalue weighted by Crippen LogP contribution is -2.05. The molecule has 0 unspecified atom stereocenters. The van der Waals surface area contributed by atoms with Crippen molar-refractivity contribution in [3.05, 3.63) is 54.5 Å². The Morgan fingerprint density at radius 2 is 1.92 bits per heavy atom. The molecule has 6 heteroatoms. The first-order valence-corrected chi connectivity index (χ1v) is 7.68. The summed E-state index contributed by atoms with van der Waals surface area (Å²) in [5.41, 5.74) is 9.45. The van der Waals surface area contributed by atoms with Crippen LogP contribution in [0.3, 0.4) is 0 Å². The first-order valence-electron chi connectivity index (χ1n) is 7.68. The first kappa shape index (κ1) is 16.0. The molecule has 0 saturated heterocycles. The molecule has 0 aliphatic heterocycles. The van der Waals surface area contributed by atoms with Crippen LogP contribution in [-0.2, 0) is 6.42 Å². The van der Waals surface area contributed by atoms with Gasteiger partial charge in [0.15, 0.2) is 11.5 Å². The Morgan fingerprint density at radius 1 is 1.08 bits per heavy atom. The maximum absolute atomic E-state index is 5.68. The maximum atomic E-state index is 5.68. The molecule has 3 aromatic rings. The summed E-state index contributed by atoms with van der Waals surface area (Å²) in [6.45, 7) is 0.551. The molecule has 0 aliphatic carbocycles. The average Bonchev–Trinajstić information content (AvgIpc) is 3.06. The van der Waals surface area contributed by atoms with Gasteiger partial charge in [-0.25, -0.2) is 4.68 Å². The zero-order chi connectivity index (χ0) is 16.9. The minimum atomic E-state index is 0.551. The number of benzene rings is 1. The van der Waals surface area contributed by atoms with Crippen molar-refractivity contribution < 1.29 is 9.47 Å². The van der Waals surface area contributed by atoms with Crippen molar-refractivity contribution in [1.29, 1.82) is 0 Å². The molecule has 0 atom stereocenters. The fraction of sp³-hybridized carbons (Fsp3) is 0.222. The Kier molecular flexibility index (Phi) is 4.77. The molecule has 0 aliphatic rings. The topological polar surface area (TPSA) is 75.2 Å². The Morgan fingerprint density at radius 3 is 2.58 bits per heavy atom. The van der Waals surface area contributed by atoms with Crippen molar-refractivity contribution in [2.24, 2.45) is 5.73 Å². The van der Waals surface area contributed by atoms with E-state index in [1.807, 2.05) is 47.3 Å². The predicted octanol–water partition coefficient (Wildman–Crippen LogP) is 2.45. The van der Waals surface area contributed by atoms with Crippen LogP contribution in [0.5, 0.6) is 11.5 Å². The van der Waals surface area contributed by atoms with Crippen molar-refractivity contribution in [3.8, 4) is 28.4 Å². The van der Waals surface area contributed by atoms with Crippen molar-refractivity contribution in [1.82, 2.24) is 14.8 Å². The van der Waals surface area contributed by atoms with Gasteiger partial charge < -0.3 is 15.2 Å². The standard InChI is InChI=1S/C18H20N4O2/c1-23-17-6-5-15(11-18(17)24-2)22-16(10-14(21-22)7-8-19)13-4-3-9-20-12-13/h3-6,9-12H,7-8,19H2,1-2H3. The van der Waals surface area contributed by atoms with Gasteiger partial charge >= 0.3 is 0 Å². The predicted molar refractivity (Wildman–Crippen MR) is 92.7 cm³/mol. The van der Waals surface area contributed by atoms with Crippen LogP contribution < -0.4 is 15.2 Å².